The summed E-state index contributed by atoms with van der Waals surface area (Å²) in [4.78, 5) is 33.5. The molecule has 1 aromatic heterocycles. The van der Waals surface area contributed by atoms with Gasteiger partial charge in [-0.1, -0.05) is 6.07 Å². The van der Waals surface area contributed by atoms with E-state index in [-0.39, 0.29) is 18.0 Å². The number of carbonyl (C=O) groups is 2. The summed E-state index contributed by atoms with van der Waals surface area (Å²) in [5, 5.41) is 5.35. The molecule has 7 nitrogen and oxygen atoms in total. The van der Waals surface area contributed by atoms with Crippen LogP contribution >= 0.6 is 0 Å². The maximum absolute atomic E-state index is 12.7. The number of imidazole rings is 1. The largest absolute Gasteiger partial charge is 0.340 e. The molecule has 2 aromatic rings. The second kappa shape index (κ2) is 5.99. The van der Waals surface area contributed by atoms with Crippen LogP contribution in [-0.2, 0) is 11.3 Å². The smallest absolute Gasteiger partial charge is 0.319 e. The van der Waals surface area contributed by atoms with E-state index in [1.165, 1.54) is 0 Å². The van der Waals surface area contributed by atoms with E-state index in [2.05, 4.69) is 20.6 Å². The Balaban J connectivity index is 1.80. The standard InChI is InChI=1S/C17H21N5O2/c1-9-5-6-12-13(7-9)21-14(20-12)8-22(4)16(23)15-10(2)18-17(24)19-11(15)3/h5-7,10H,8H2,1-4H3,(H,20,21)(H2,18,19,24)/t10-/m0/s1. The highest BCUT2D eigenvalue weighted by Gasteiger charge is 2.28. The van der Waals surface area contributed by atoms with E-state index >= 15 is 0 Å². The summed E-state index contributed by atoms with van der Waals surface area (Å²) in [6, 6.07) is 5.39. The lowest BCUT2D eigenvalue weighted by atomic mass is 10.0. The minimum Gasteiger partial charge on any atom is -0.340 e. The highest BCUT2D eigenvalue weighted by Crippen LogP contribution is 2.17. The van der Waals surface area contributed by atoms with Crippen LogP contribution in [0.5, 0.6) is 0 Å². The topological polar surface area (TPSA) is 90.1 Å². The lowest BCUT2D eigenvalue weighted by molar-refractivity contribution is -0.126. The maximum Gasteiger partial charge on any atom is 0.319 e. The monoisotopic (exact) mass is 327 g/mol. The Morgan fingerprint density at radius 2 is 2.08 bits per heavy atom. The molecular formula is C17H21N5O2. The van der Waals surface area contributed by atoms with Crippen molar-refractivity contribution in [3.8, 4) is 0 Å². The molecule has 1 aliphatic rings. The number of benzene rings is 1. The van der Waals surface area contributed by atoms with Crippen molar-refractivity contribution < 1.29 is 9.59 Å². The number of amides is 3. The predicted molar refractivity (Wildman–Crippen MR) is 91.1 cm³/mol. The molecule has 0 fully saturated rings. The fourth-order valence-corrected chi connectivity index (χ4v) is 2.97. The van der Waals surface area contributed by atoms with Crippen LogP contribution in [0.25, 0.3) is 11.0 Å². The first kappa shape index (κ1) is 16.0. The fraction of sp³-hybridized carbons (Fsp3) is 0.353. The summed E-state index contributed by atoms with van der Waals surface area (Å²) >= 11 is 0. The van der Waals surface area contributed by atoms with Gasteiger partial charge in [-0.25, -0.2) is 9.78 Å². The van der Waals surface area contributed by atoms with Crippen molar-refractivity contribution in [2.45, 2.75) is 33.4 Å². The summed E-state index contributed by atoms with van der Waals surface area (Å²) in [7, 11) is 1.73. The van der Waals surface area contributed by atoms with Crippen LogP contribution in [0.3, 0.4) is 0 Å². The number of carbonyl (C=O) groups excluding carboxylic acids is 2. The number of hydrogen-bond acceptors (Lipinski definition) is 3. The van der Waals surface area contributed by atoms with Crippen molar-refractivity contribution in [3.05, 3.63) is 40.9 Å². The molecule has 0 radical (unpaired) electrons. The van der Waals surface area contributed by atoms with Gasteiger partial charge >= 0.3 is 6.03 Å². The number of aromatic nitrogens is 2. The summed E-state index contributed by atoms with van der Waals surface area (Å²) < 4.78 is 0. The Morgan fingerprint density at radius 1 is 1.33 bits per heavy atom. The Kier molecular flexibility index (Phi) is 4.01. The van der Waals surface area contributed by atoms with Gasteiger partial charge in [0.2, 0.25) is 0 Å². The number of urea groups is 1. The van der Waals surface area contributed by atoms with Crippen molar-refractivity contribution in [3.63, 3.8) is 0 Å². The van der Waals surface area contributed by atoms with E-state index in [0.29, 0.717) is 17.8 Å². The molecule has 3 rings (SSSR count). The molecule has 0 unspecified atom stereocenters. The number of likely N-dealkylation sites (N-methyl/N-ethyl adjacent to an activating group) is 1. The number of aryl methyl sites for hydroxylation is 1. The van der Waals surface area contributed by atoms with Crippen LogP contribution in [0.1, 0.15) is 25.2 Å². The molecule has 126 valence electrons. The van der Waals surface area contributed by atoms with Gasteiger partial charge in [-0.3, -0.25) is 4.79 Å². The van der Waals surface area contributed by atoms with Crippen LogP contribution in [0, 0.1) is 6.92 Å². The van der Waals surface area contributed by atoms with Gasteiger partial charge in [-0.2, -0.15) is 0 Å². The average Bonchev–Trinajstić information content (AvgIpc) is 2.87. The van der Waals surface area contributed by atoms with Crippen molar-refractivity contribution in [1.82, 2.24) is 25.5 Å². The van der Waals surface area contributed by atoms with Crippen LogP contribution < -0.4 is 10.6 Å². The van der Waals surface area contributed by atoms with Gasteiger partial charge in [0.25, 0.3) is 5.91 Å². The lowest BCUT2D eigenvalue weighted by Crippen LogP contribution is -2.50. The van der Waals surface area contributed by atoms with Gasteiger partial charge in [0.1, 0.15) is 5.82 Å². The molecule has 0 aliphatic carbocycles. The number of allylic oxidation sites excluding steroid dienone is 1. The van der Waals surface area contributed by atoms with Crippen LogP contribution in [0.15, 0.2) is 29.5 Å². The number of rotatable bonds is 3. The van der Waals surface area contributed by atoms with Gasteiger partial charge in [-0.15, -0.1) is 0 Å². The van der Waals surface area contributed by atoms with Gasteiger partial charge in [0, 0.05) is 12.7 Å². The first-order valence-electron chi connectivity index (χ1n) is 7.84. The molecule has 7 heteroatoms. The molecule has 1 aliphatic heterocycles. The summed E-state index contributed by atoms with van der Waals surface area (Å²) in [5.41, 5.74) is 4.14. The van der Waals surface area contributed by atoms with Crippen molar-refractivity contribution >= 4 is 23.0 Å². The molecule has 24 heavy (non-hydrogen) atoms. The number of fused-ring (bicyclic) bond motifs is 1. The predicted octanol–water partition coefficient (Wildman–Crippen LogP) is 1.81. The number of H-pyrrole nitrogens is 1. The highest BCUT2D eigenvalue weighted by atomic mass is 16.2. The summed E-state index contributed by atoms with van der Waals surface area (Å²) in [6.07, 6.45) is 0. The first-order valence-corrected chi connectivity index (χ1v) is 7.84. The summed E-state index contributed by atoms with van der Waals surface area (Å²) in [6.45, 7) is 5.92. The van der Waals surface area contributed by atoms with Gasteiger partial charge < -0.3 is 20.5 Å². The Hall–Kier alpha value is -2.83. The number of nitrogens with zero attached hydrogens (tertiary/aromatic N) is 2. The SMILES string of the molecule is CC1=C(C(=O)N(C)Cc2nc3ccc(C)cc3[nH]2)[C@H](C)NC(=O)N1. The average molecular weight is 327 g/mol. The van der Waals surface area contributed by atoms with Crippen molar-refractivity contribution in [2.75, 3.05) is 7.05 Å². The third kappa shape index (κ3) is 2.97. The molecule has 0 spiro atoms. The number of nitrogens with one attached hydrogen (secondary N) is 3. The van der Waals surface area contributed by atoms with E-state index in [9.17, 15) is 9.59 Å². The minimum atomic E-state index is -0.327. The molecule has 0 bridgehead atoms. The zero-order valence-corrected chi connectivity index (χ0v) is 14.2. The second-order valence-electron chi connectivity index (χ2n) is 6.22. The minimum absolute atomic E-state index is 0.135. The highest BCUT2D eigenvalue weighted by molar-refractivity contribution is 5.98. The van der Waals surface area contributed by atoms with E-state index in [1.54, 1.807) is 25.8 Å². The number of aromatic amines is 1. The number of hydrogen-bond donors (Lipinski definition) is 3. The van der Waals surface area contributed by atoms with E-state index < -0.39 is 0 Å². The van der Waals surface area contributed by atoms with E-state index in [1.807, 2.05) is 25.1 Å². The molecule has 3 amide bonds. The third-order valence-electron chi connectivity index (χ3n) is 4.14. The Morgan fingerprint density at radius 3 is 2.79 bits per heavy atom. The zero-order chi connectivity index (χ0) is 17.4. The van der Waals surface area contributed by atoms with E-state index in [0.717, 1.165) is 22.4 Å². The van der Waals surface area contributed by atoms with Gasteiger partial charge in [0.15, 0.2) is 0 Å². The summed E-state index contributed by atoms with van der Waals surface area (Å²) in [5.74, 6) is 0.592. The Bertz CT molecular complexity index is 852. The molecule has 0 saturated heterocycles. The molecule has 2 heterocycles. The van der Waals surface area contributed by atoms with Crippen molar-refractivity contribution in [2.24, 2.45) is 0 Å². The van der Waals surface area contributed by atoms with Gasteiger partial charge in [0.05, 0.1) is 29.2 Å². The normalized spacial score (nSPS) is 17.7. The van der Waals surface area contributed by atoms with Crippen molar-refractivity contribution in [1.29, 1.82) is 0 Å². The molecule has 1 atom stereocenters. The maximum atomic E-state index is 12.7. The van der Waals surface area contributed by atoms with Crippen LogP contribution in [0.4, 0.5) is 4.79 Å². The zero-order valence-electron chi connectivity index (χ0n) is 14.2. The Labute approximate surface area is 140 Å². The molecule has 1 aromatic carbocycles. The molecular weight excluding hydrogens is 306 g/mol. The van der Waals surface area contributed by atoms with Crippen LogP contribution in [-0.4, -0.2) is 39.9 Å². The first-order chi connectivity index (χ1) is 11.3. The van der Waals surface area contributed by atoms with Crippen LogP contribution in [0.2, 0.25) is 0 Å². The molecule has 3 N–H and O–H groups in total. The van der Waals surface area contributed by atoms with E-state index in [4.69, 9.17) is 0 Å². The lowest BCUT2D eigenvalue weighted by Gasteiger charge is -2.28. The fourth-order valence-electron chi connectivity index (χ4n) is 2.97. The quantitative estimate of drug-likeness (QED) is 0.803. The van der Waals surface area contributed by atoms with Gasteiger partial charge in [-0.05, 0) is 38.5 Å². The second-order valence-corrected chi connectivity index (χ2v) is 6.22. The third-order valence-corrected chi connectivity index (χ3v) is 4.14. The molecule has 0 saturated carbocycles.